The van der Waals surface area contributed by atoms with E-state index in [9.17, 15) is 14.9 Å². The van der Waals surface area contributed by atoms with Gasteiger partial charge in [0, 0.05) is 6.07 Å². The standard InChI is InChI=1S/C10H8N2O5/c1-16-8-4-3-7(12(14)15)6(5-11)9(8)10(13)17-2/h3-4H,1-2H3. The summed E-state index contributed by atoms with van der Waals surface area (Å²) in [5.74, 6) is -0.805. The normalized spacial score (nSPS) is 9.24. The number of nitro groups is 1. The van der Waals surface area contributed by atoms with Crippen LogP contribution in [0.15, 0.2) is 12.1 Å². The Hall–Kier alpha value is -2.62. The largest absolute Gasteiger partial charge is 0.496 e. The Morgan fingerprint density at radius 1 is 1.47 bits per heavy atom. The molecule has 17 heavy (non-hydrogen) atoms. The molecule has 0 N–H and O–H groups in total. The van der Waals surface area contributed by atoms with Crippen molar-refractivity contribution in [3.8, 4) is 11.8 Å². The molecule has 0 aliphatic rings. The van der Waals surface area contributed by atoms with Crippen molar-refractivity contribution in [3.05, 3.63) is 33.4 Å². The maximum absolute atomic E-state index is 11.5. The summed E-state index contributed by atoms with van der Waals surface area (Å²) < 4.78 is 9.33. The summed E-state index contributed by atoms with van der Waals surface area (Å²) in [5, 5.41) is 19.6. The second kappa shape index (κ2) is 4.94. The molecule has 0 heterocycles. The predicted molar refractivity (Wildman–Crippen MR) is 55.7 cm³/mol. The number of ether oxygens (including phenoxy) is 2. The van der Waals surface area contributed by atoms with E-state index in [-0.39, 0.29) is 16.9 Å². The molecule has 88 valence electrons. The highest BCUT2D eigenvalue weighted by atomic mass is 16.6. The van der Waals surface area contributed by atoms with Crippen LogP contribution in [-0.4, -0.2) is 25.1 Å². The maximum atomic E-state index is 11.5. The molecule has 0 spiro atoms. The Bertz CT molecular complexity index is 518. The number of methoxy groups -OCH3 is 2. The van der Waals surface area contributed by atoms with E-state index >= 15 is 0 Å². The molecular formula is C10H8N2O5. The van der Waals surface area contributed by atoms with Crippen molar-refractivity contribution in [1.82, 2.24) is 0 Å². The fraction of sp³-hybridized carbons (Fsp3) is 0.200. The number of nitrogens with zero attached hydrogens (tertiary/aromatic N) is 2. The number of nitro benzene ring substituents is 1. The van der Waals surface area contributed by atoms with Gasteiger partial charge in [-0.1, -0.05) is 0 Å². The second-order valence-electron chi connectivity index (χ2n) is 2.90. The molecule has 0 fully saturated rings. The van der Waals surface area contributed by atoms with Gasteiger partial charge in [-0.05, 0) is 6.07 Å². The molecule has 0 aromatic heterocycles. The lowest BCUT2D eigenvalue weighted by atomic mass is 10.1. The van der Waals surface area contributed by atoms with Crippen LogP contribution in [0.25, 0.3) is 0 Å². The van der Waals surface area contributed by atoms with Gasteiger partial charge in [-0.15, -0.1) is 0 Å². The molecule has 0 atom stereocenters. The highest BCUT2D eigenvalue weighted by Crippen LogP contribution is 2.30. The summed E-state index contributed by atoms with van der Waals surface area (Å²) in [5.41, 5.74) is -1.08. The van der Waals surface area contributed by atoms with Crippen molar-refractivity contribution >= 4 is 11.7 Å². The third-order valence-corrected chi connectivity index (χ3v) is 2.06. The smallest absolute Gasteiger partial charge is 0.343 e. The van der Waals surface area contributed by atoms with Gasteiger partial charge in [0.15, 0.2) is 0 Å². The zero-order valence-corrected chi connectivity index (χ0v) is 9.09. The molecule has 0 saturated carbocycles. The van der Waals surface area contributed by atoms with Crippen LogP contribution in [0.3, 0.4) is 0 Å². The molecule has 0 unspecified atom stereocenters. The van der Waals surface area contributed by atoms with Crippen molar-refractivity contribution in [2.75, 3.05) is 14.2 Å². The molecule has 1 rings (SSSR count). The monoisotopic (exact) mass is 236 g/mol. The Kier molecular flexibility index (Phi) is 3.62. The number of rotatable bonds is 3. The molecule has 1 aromatic rings. The molecule has 0 bridgehead atoms. The van der Waals surface area contributed by atoms with Crippen LogP contribution in [0, 0.1) is 21.4 Å². The molecule has 7 heteroatoms. The summed E-state index contributed by atoms with van der Waals surface area (Å²) in [4.78, 5) is 21.4. The van der Waals surface area contributed by atoms with Crippen molar-refractivity contribution in [2.45, 2.75) is 0 Å². The van der Waals surface area contributed by atoms with Crippen molar-refractivity contribution in [3.63, 3.8) is 0 Å². The lowest BCUT2D eigenvalue weighted by Gasteiger charge is -2.08. The average Bonchev–Trinajstić information content (AvgIpc) is 2.35. The number of carbonyl (C=O) groups is 1. The Morgan fingerprint density at radius 2 is 2.12 bits per heavy atom. The summed E-state index contributed by atoms with van der Waals surface area (Å²) in [6.45, 7) is 0. The summed E-state index contributed by atoms with van der Waals surface area (Å²) in [7, 11) is 2.40. The first-order valence-corrected chi connectivity index (χ1v) is 4.40. The predicted octanol–water partition coefficient (Wildman–Crippen LogP) is 1.26. The first kappa shape index (κ1) is 12.4. The van der Waals surface area contributed by atoms with Crippen molar-refractivity contribution in [1.29, 1.82) is 5.26 Å². The van der Waals surface area contributed by atoms with E-state index in [1.807, 2.05) is 0 Å². The first-order chi connectivity index (χ1) is 8.06. The van der Waals surface area contributed by atoms with Gasteiger partial charge >= 0.3 is 5.97 Å². The molecule has 0 saturated heterocycles. The van der Waals surface area contributed by atoms with Gasteiger partial charge in [-0.2, -0.15) is 5.26 Å². The van der Waals surface area contributed by atoms with Gasteiger partial charge in [0.2, 0.25) is 0 Å². The fourth-order valence-electron chi connectivity index (χ4n) is 1.31. The second-order valence-corrected chi connectivity index (χ2v) is 2.90. The topological polar surface area (TPSA) is 102 Å². The number of hydrogen-bond acceptors (Lipinski definition) is 6. The quantitative estimate of drug-likeness (QED) is 0.444. The van der Waals surface area contributed by atoms with Crippen LogP contribution in [0.5, 0.6) is 5.75 Å². The minimum atomic E-state index is -0.859. The number of hydrogen-bond donors (Lipinski definition) is 0. The van der Waals surface area contributed by atoms with E-state index in [2.05, 4.69) is 4.74 Å². The highest BCUT2D eigenvalue weighted by Gasteiger charge is 2.26. The van der Waals surface area contributed by atoms with E-state index in [0.29, 0.717) is 0 Å². The van der Waals surface area contributed by atoms with Crippen LogP contribution < -0.4 is 4.74 Å². The van der Waals surface area contributed by atoms with E-state index in [4.69, 9.17) is 10.00 Å². The fourth-order valence-corrected chi connectivity index (χ4v) is 1.31. The Labute approximate surface area is 96.3 Å². The summed E-state index contributed by atoms with van der Waals surface area (Å²) in [6.07, 6.45) is 0. The zero-order chi connectivity index (χ0) is 13.0. The van der Waals surface area contributed by atoms with E-state index in [0.717, 1.165) is 13.2 Å². The van der Waals surface area contributed by atoms with Crippen LogP contribution in [-0.2, 0) is 4.74 Å². The van der Waals surface area contributed by atoms with E-state index < -0.39 is 16.6 Å². The number of carbonyl (C=O) groups excluding carboxylic acids is 1. The lowest BCUT2D eigenvalue weighted by molar-refractivity contribution is -0.385. The molecular weight excluding hydrogens is 228 g/mol. The third kappa shape index (κ3) is 2.15. The van der Waals surface area contributed by atoms with Gasteiger partial charge in [0.05, 0.1) is 19.1 Å². The van der Waals surface area contributed by atoms with Crippen molar-refractivity contribution < 1.29 is 19.2 Å². The van der Waals surface area contributed by atoms with Crippen molar-refractivity contribution in [2.24, 2.45) is 0 Å². The number of nitriles is 1. The van der Waals surface area contributed by atoms with Crippen LogP contribution in [0.2, 0.25) is 0 Å². The minimum absolute atomic E-state index is 0.0546. The molecule has 0 aliphatic heterocycles. The molecule has 7 nitrogen and oxygen atoms in total. The Morgan fingerprint density at radius 3 is 2.53 bits per heavy atom. The lowest BCUT2D eigenvalue weighted by Crippen LogP contribution is -2.08. The summed E-state index contributed by atoms with van der Waals surface area (Å²) >= 11 is 0. The van der Waals surface area contributed by atoms with Gasteiger partial charge in [0.1, 0.15) is 22.9 Å². The van der Waals surface area contributed by atoms with Gasteiger partial charge < -0.3 is 9.47 Å². The number of benzene rings is 1. The Balaban J connectivity index is 3.62. The maximum Gasteiger partial charge on any atom is 0.343 e. The molecule has 0 amide bonds. The summed E-state index contributed by atoms with van der Waals surface area (Å²) in [6, 6.07) is 3.96. The molecule has 0 aliphatic carbocycles. The zero-order valence-electron chi connectivity index (χ0n) is 9.09. The third-order valence-electron chi connectivity index (χ3n) is 2.06. The highest BCUT2D eigenvalue weighted by molar-refractivity contribution is 5.96. The molecule has 1 aromatic carbocycles. The minimum Gasteiger partial charge on any atom is -0.496 e. The molecule has 0 radical (unpaired) electrons. The first-order valence-electron chi connectivity index (χ1n) is 4.40. The van der Waals surface area contributed by atoms with Crippen LogP contribution >= 0.6 is 0 Å². The van der Waals surface area contributed by atoms with Gasteiger partial charge in [-0.25, -0.2) is 4.79 Å². The van der Waals surface area contributed by atoms with E-state index in [1.165, 1.54) is 13.2 Å². The van der Waals surface area contributed by atoms with Crippen LogP contribution in [0.4, 0.5) is 5.69 Å². The van der Waals surface area contributed by atoms with Crippen LogP contribution in [0.1, 0.15) is 15.9 Å². The average molecular weight is 236 g/mol. The van der Waals surface area contributed by atoms with Gasteiger partial charge in [0.25, 0.3) is 5.69 Å². The van der Waals surface area contributed by atoms with E-state index in [1.54, 1.807) is 6.07 Å². The number of esters is 1. The SMILES string of the molecule is COC(=O)c1c(OC)ccc([N+](=O)[O-])c1C#N. The van der Waals surface area contributed by atoms with Gasteiger partial charge in [-0.3, -0.25) is 10.1 Å².